The van der Waals surface area contributed by atoms with Gasteiger partial charge in [0.15, 0.2) is 0 Å². The highest BCUT2D eigenvalue weighted by Crippen LogP contribution is 2.19. The fourth-order valence-corrected chi connectivity index (χ4v) is 3.33. The number of halogens is 1. The van der Waals surface area contributed by atoms with Crippen LogP contribution in [0.3, 0.4) is 0 Å². The summed E-state index contributed by atoms with van der Waals surface area (Å²) in [6, 6.07) is 4.00. The van der Waals surface area contributed by atoms with E-state index in [9.17, 15) is 12.8 Å². The molecule has 2 rings (SSSR count). The van der Waals surface area contributed by atoms with Gasteiger partial charge >= 0.3 is 10.2 Å². The van der Waals surface area contributed by atoms with Gasteiger partial charge in [-0.1, -0.05) is 11.8 Å². The minimum Gasteiger partial charge on any atom is -0.395 e. The molecule has 5 nitrogen and oxygen atoms in total. The van der Waals surface area contributed by atoms with Crippen LogP contribution < -0.4 is 4.72 Å². The number of benzene rings is 1. The second-order valence-electron chi connectivity index (χ2n) is 4.68. The van der Waals surface area contributed by atoms with Crippen LogP contribution in [-0.2, 0) is 10.2 Å². The lowest BCUT2D eigenvalue weighted by atomic mass is 10.2. The number of anilines is 1. The Bertz CT molecular complexity index is 659. The van der Waals surface area contributed by atoms with Crippen molar-refractivity contribution in [3.05, 3.63) is 29.6 Å². The fraction of sp³-hybridized carbons (Fsp3) is 0.429. The Morgan fingerprint density at radius 2 is 2.05 bits per heavy atom. The van der Waals surface area contributed by atoms with Crippen molar-refractivity contribution in [1.29, 1.82) is 0 Å². The van der Waals surface area contributed by atoms with Crippen molar-refractivity contribution in [1.82, 2.24) is 4.31 Å². The van der Waals surface area contributed by atoms with E-state index in [4.69, 9.17) is 5.11 Å². The van der Waals surface area contributed by atoms with Crippen molar-refractivity contribution < 1.29 is 17.9 Å². The van der Waals surface area contributed by atoms with Crippen LogP contribution >= 0.6 is 0 Å². The lowest BCUT2D eigenvalue weighted by molar-refractivity contribution is 0.305. The molecule has 0 unspecified atom stereocenters. The predicted octanol–water partition coefficient (Wildman–Crippen LogP) is 1.31. The van der Waals surface area contributed by atoms with E-state index in [1.165, 1.54) is 16.4 Å². The second-order valence-corrected chi connectivity index (χ2v) is 6.35. The van der Waals surface area contributed by atoms with Gasteiger partial charge in [-0.15, -0.1) is 0 Å². The summed E-state index contributed by atoms with van der Waals surface area (Å²) in [7, 11) is -3.62. The maximum Gasteiger partial charge on any atom is 0.301 e. The molecule has 0 radical (unpaired) electrons. The van der Waals surface area contributed by atoms with Crippen molar-refractivity contribution >= 4 is 15.9 Å². The van der Waals surface area contributed by atoms with Crippen LogP contribution in [0.2, 0.25) is 0 Å². The van der Waals surface area contributed by atoms with Gasteiger partial charge in [-0.25, -0.2) is 4.39 Å². The van der Waals surface area contributed by atoms with E-state index >= 15 is 0 Å². The smallest absolute Gasteiger partial charge is 0.301 e. The third-order valence-electron chi connectivity index (χ3n) is 3.08. The van der Waals surface area contributed by atoms with Gasteiger partial charge in [0.2, 0.25) is 0 Å². The summed E-state index contributed by atoms with van der Waals surface area (Å²) in [4.78, 5) is 0. The van der Waals surface area contributed by atoms with E-state index in [1.54, 1.807) is 0 Å². The summed E-state index contributed by atoms with van der Waals surface area (Å²) in [6.45, 7) is 0.896. The number of hydrogen-bond acceptors (Lipinski definition) is 3. The first kappa shape index (κ1) is 15.8. The zero-order chi connectivity index (χ0) is 15.3. The van der Waals surface area contributed by atoms with Gasteiger partial charge in [0.1, 0.15) is 5.82 Å². The average molecular weight is 312 g/mol. The summed E-state index contributed by atoms with van der Waals surface area (Å²) in [6.07, 6.45) is 1.95. The molecule has 1 saturated heterocycles. The standard InChI is InChI=1S/C14H17FN2O3S/c15-14-11-13(7-6-12(14)5-1-4-10-18)16-21(19,20)17-8-2-3-9-17/h6-7,11,16,18H,2-4,8-10H2. The maximum atomic E-state index is 13.8. The number of hydrogen-bond donors (Lipinski definition) is 2. The molecule has 2 N–H and O–H groups in total. The molecule has 0 atom stereocenters. The van der Waals surface area contributed by atoms with Crippen LogP contribution in [0.4, 0.5) is 10.1 Å². The highest BCUT2D eigenvalue weighted by Gasteiger charge is 2.25. The highest BCUT2D eigenvalue weighted by atomic mass is 32.2. The van der Waals surface area contributed by atoms with Crippen molar-refractivity contribution in [2.24, 2.45) is 0 Å². The number of nitrogens with one attached hydrogen (secondary N) is 1. The van der Waals surface area contributed by atoms with Gasteiger partial charge in [0.05, 0.1) is 17.9 Å². The van der Waals surface area contributed by atoms with Gasteiger partial charge in [-0.2, -0.15) is 12.7 Å². The summed E-state index contributed by atoms with van der Waals surface area (Å²) < 4.78 is 41.6. The van der Waals surface area contributed by atoms with Crippen LogP contribution in [0.5, 0.6) is 0 Å². The molecule has 0 amide bonds. The minimum absolute atomic E-state index is 0.0810. The first-order chi connectivity index (χ1) is 10.0. The van der Waals surface area contributed by atoms with Crippen molar-refractivity contribution in [2.75, 3.05) is 24.4 Å². The predicted molar refractivity (Wildman–Crippen MR) is 78.3 cm³/mol. The van der Waals surface area contributed by atoms with Crippen LogP contribution in [0, 0.1) is 17.7 Å². The van der Waals surface area contributed by atoms with Crippen molar-refractivity contribution in [2.45, 2.75) is 19.3 Å². The number of nitrogens with zero attached hydrogens (tertiary/aromatic N) is 1. The second kappa shape index (κ2) is 6.89. The first-order valence-corrected chi connectivity index (χ1v) is 8.14. The molecular weight excluding hydrogens is 295 g/mol. The highest BCUT2D eigenvalue weighted by molar-refractivity contribution is 7.90. The number of aliphatic hydroxyl groups is 1. The molecule has 1 aliphatic heterocycles. The van der Waals surface area contributed by atoms with E-state index < -0.39 is 16.0 Å². The van der Waals surface area contributed by atoms with Gasteiger partial charge in [0.25, 0.3) is 0 Å². The van der Waals surface area contributed by atoms with Crippen molar-refractivity contribution in [3.63, 3.8) is 0 Å². The number of rotatable bonds is 4. The topological polar surface area (TPSA) is 69.6 Å². The summed E-state index contributed by atoms with van der Waals surface area (Å²) in [5.74, 6) is 4.61. The normalized spacial score (nSPS) is 15.5. The molecule has 0 bridgehead atoms. The lowest BCUT2D eigenvalue weighted by Crippen LogP contribution is -2.33. The quantitative estimate of drug-likeness (QED) is 0.824. The van der Waals surface area contributed by atoms with Gasteiger partial charge in [0, 0.05) is 19.5 Å². The van der Waals surface area contributed by atoms with Gasteiger partial charge < -0.3 is 5.11 Å². The molecular formula is C14H17FN2O3S. The minimum atomic E-state index is -3.62. The zero-order valence-electron chi connectivity index (χ0n) is 11.5. The Labute approximate surface area is 124 Å². The van der Waals surface area contributed by atoms with E-state index in [0.29, 0.717) is 13.1 Å². The molecule has 0 aromatic heterocycles. The molecule has 1 aliphatic rings. The van der Waals surface area contributed by atoms with Crippen LogP contribution in [0.15, 0.2) is 18.2 Å². The van der Waals surface area contributed by atoms with E-state index in [-0.39, 0.29) is 24.3 Å². The Kier molecular flexibility index (Phi) is 5.17. The van der Waals surface area contributed by atoms with Gasteiger partial charge in [-0.05, 0) is 31.0 Å². The molecule has 1 aromatic carbocycles. The van der Waals surface area contributed by atoms with Gasteiger partial charge in [-0.3, -0.25) is 4.72 Å². The van der Waals surface area contributed by atoms with E-state index in [1.807, 2.05) is 0 Å². The maximum absolute atomic E-state index is 13.8. The van der Waals surface area contributed by atoms with Crippen LogP contribution in [0.25, 0.3) is 0 Å². The van der Waals surface area contributed by atoms with E-state index in [2.05, 4.69) is 16.6 Å². The monoisotopic (exact) mass is 312 g/mol. The molecule has 114 valence electrons. The first-order valence-electron chi connectivity index (χ1n) is 6.70. The molecule has 1 heterocycles. The number of aliphatic hydroxyl groups excluding tert-OH is 1. The zero-order valence-corrected chi connectivity index (χ0v) is 12.3. The summed E-state index contributed by atoms with van der Waals surface area (Å²) in [5, 5.41) is 8.61. The van der Waals surface area contributed by atoms with Crippen molar-refractivity contribution in [3.8, 4) is 11.8 Å². The molecule has 0 spiro atoms. The van der Waals surface area contributed by atoms with Crippen LogP contribution in [0.1, 0.15) is 24.8 Å². The summed E-state index contributed by atoms with van der Waals surface area (Å²) >= 11 is 0. The van der Waals surface area contributed by atoms with Crippen LogP contribution in [-0.4, -0.2) is 37.5 Å². The molecule has 1 aromatic rings. The Morgan fingerprint density at radius 1 is 1.33 bits per heavy atom. The summed E-state index contributed by atoms with van der Waals surface area (Å²) in [5.41, 5.74) is 0.347. The molecule has 0 aliphatic carbocycles. The third-order valence-corrected chi connectivity index (χ3v) is 4.62. The Hall–Kier alpha value is -1.62. The molecule has 1 fully saturated rings. The Balaban J connectivity index is 2.12. The average Bonchev–Trinajstić information content (AvgIpc) is 2.96. The largest absolute Gasteiger partial charge is 0.395 e. The third kappa shape index (κ3) is 4.17. The molecule has 7 heteroatoms. The fourth-order valence-electron chi connectivity index (χ4n) is 2.04. The SMILES string of the molecule is O=S(=O)(Nc1ccc(C#CCCO)c(F)c1)N1CCCC1. The van der Waals surface area contributed by atoms with E-state index in [0.717, 1.165) is 18.9 Å². The Morgan fingerprint density at radius 3 is 2.67 bits per heavy atom. The molecule has 21 heavy (non-hydrogen) atoms. The lowest BCUT2D eigenvalue weighted by Gasteiger charge is -2.16. The molecule has 0 saturated carbocycles.